The molecule has 260 valence electrons. The molecule has 0 amide bonds. The van der Waals surface area contributed by atoms with Gasteiger partial charge in [-0.3, -0.25) is 9.59 Å². The molecule has 0 fully saturated rings. The Labute approximate surface area is 292 Å². The molecule has 0 aliphatic carbocycles. The van der Waals surface area contributed by atoms with E-state index in [9.17, 15) is 19.8 Å². The molecule has 6 heteroatoms. The van der Waals surface area contributed by atoms with Crippen molar-refractivity contribution in [3.8, 4) is 23.0 Å². The Kier molecular flexibility index (Phi) is 15.2. The number of aromatic hydroxyl groups is 2. The second kappa shape index (κ2) is 20.1. The van der Waals surface area contributed by atoms with Crippen LogP contribution in [0.25, 0.3) is 0 Å². The topological polar surface area (TPSA) is 93.1 Å². The molecule has 0 heterocycles. The molecule has 0 aromatic heterocycles. The average Bonchev–Trinajstić information content (AvgIpc) is 3.13. The third kappa shape index (κ3) is 11.0. The lowest BCUT2D eigenvalue weighted by molar-refractivity contribution is 0.102. The molecule has 0 spiro atoms. The number of hydrogen-bond donors (Lipinski definition) is 2. The van der Waals surface area contributed by atoms with Gasteiger partial charge in [0.2, 0.25) is 0 Å². The minimum absolute atomic E-state index is 0.120. The molecule has 0 bridgehead atoms. The normalized spacial score (nSPS) is 11.0. The molecule has 0 radical (unpaired) electrons. The van der Waals surface area contributed by atoms with Gasteiger partial charge in [0, 0.05) is 29.2 Å². The highest BCUT2D eigenvalue weighted by Gasteiger charge is 2.24. The Morgan fingerprint density at radius 3 is 1.59 bits per heavy atom. The number of phenols is 2. The van der Waals surface area contributed by atoms with Crippen LogP contribution in [0, 0.1) is 0 Å². The smallest absolute Gasteiger partial charge is 0.196 e. The van der Waals surface area contributed by atoms with E-state index in [1.165, 1.54) is 44.6 Å². The first-order valence-corrected chi connectivity index (χ1v) is 18.1. The second-order valence-corrected chi connectivity index (χ2v) is 12.7. The largest absolute Gasteiger partial charge is 0.507 e. The zero-order valence-electron chi connectivity index (χ0n) is 29.2. The van der Waals surface area contributed by atoms with Crippen molar-refractivity contribution in [3.05, 3.63) is 118 Å². The summed E-state index contributed by atoms with van der Waals surface area (Å²) in [6.45, 7) is 5.31. The number of unbranched alkanes of at least 4 members (excludes halogenated alkanes) is 10. The molecule has 4 aromatic carbocycles. The standard InChI is InChI=1S/C43H52O6/c1-3-5-7-9-11-19-27-48-39-26-25-35(41(45)32-21-15-13-16-22-32)43(47)37(39)30-34-29-36(42(46)33-23-17-14-18-24-33)38(44)31-40(34)49-28-20-12-10-8-6-4-2/h13-18,21-26,29,31,44,47H,3-12,19-20,27-28,30H2,1-2H3. The molecule has 6 nitrogen and oxygen atoms in total. The monoisotopic (exact) mass is 664 g/mol. The van der Waals surface area contributed by atoms with Gasteiger partial charge in [-0.2, -0.15) is 0 Å². The van der Waals surface area contributed by atoms with E-state index in [2.05, 4.69) is 13.8 Å². The maximum atomic E-state index is 13.6. The van der Waals surface area contributed by atoms with Gasteiger partial charge in [0.05, 0.1) is 24.3 Å². The molecule has 49 heavy (non-hydrogen) atoms. The number of ketones is 2. The highest BCUT2D eigenvalue weighted by Crippen LogP contribution is 2.39. The summed E-state index contributed by atoms with van der Waals surface area (Å²) in [5.41, 5.74) is 2.26. The minimum Gasteiger partial charge on any atom is -0.507 e. The van der Waals surface area contributed by atoms with E-state index in [0.717, 1.165) is 38.5 Å². The van der Waals surface area contributed by atoms with Crippen LogP contribution < -0.4 is 9.47 Å². The van der Waals surface area contributed by atoms with E-state index in [-0.39, 0.29) is 40.6 Å². The summed E-state index contributed by atoms with van der Waals surface area (Å²) >= 11 is 0. The third-order valence-corrected chi connectivity index (χ3v) is 8.86. The maximum Gasteiger partial charge on any atom is 0.196 e. The molecule has 0 saturated heterocycles. The predicted octanol–water partition coefficient (Wildman–Crippen LogP) is 10.6. The van der Waals surface area contributed by atoms with Crippen LogP contribution in [0.4, 0.5) is 0 Å². The second-order valence-electron chi connectivity index (χ2n) is 12.7. The maximum absolute atomic E-state index is 13.6. The lowest BCUT2D eigenvalue weighted by Gasteiger charge is -2.19. The Morgan fingerprint density at radius 1 is 0.551 bits per heavy atom. The van der Waals surface area contributed by atoms with Gasteiger partial charge in [0.15, 0.2) is 11.6 Å². The summed E-state index contributed by atoms with van der Waals surface area (Å²) < 4.78 is 12.5. The van der Waals surface area contributed by atoms with Gasteiger partial charge >= 0.3 is 0 Å². The van der Waals surface area contributed by atoms with Crippen molar-refractivity contribution >= 4 is 11.6 Å². The van der Waals surface area contributed by atoms with Crippen LogP contribution in [0.3, 0.4) is 0 Å². The first-order chi connectivity index (χ1) is 23.9. The molecule has 0 unspecified atom stereocenters. The van der Waals surface area contributed by atoms with Gasteiger partial charge in [0.1, 0.15) is 23.0 Å². The minimum atomic E-state index is -0.321. The summed E-state index contributed by atoms with van der Waals surface area (Å²) in [4.78, 5) is 27.1. The van der Waals surface area contributed by atoms with Gasteiger partial charge in [-0.05, 0) is 36.6 Å². The van der Waals surface area contributed by atoms with E-state index in [1.54, 1.807) is 66.7 Å². The third-order valence-electron chi connectivity index (χ3n) is 8.86. The van der Waals surface area contributed by atoms with Gasteiger partial charge in [-0.15, -0.1) is 0 Å². The number of hydrogen-bond acceptors (Lipinski definition) is 6. The van der Waals surface area contributed by atoms with Crippen molar-refractivity contribution in [1.82, 2.24) is 0 Å². The Balaban J connectivity index is 1.68. The van der Waals surface area contributed by atoms with E-state index >= 15 is 0 Å². The summed E-state index contributed by atoms with van der Waals surface area (Å²) in [6, 6.07) is 24.2. The van der Waals surface area contributed by atoms with E-state index < -0.39 is 0 Å². The van der Waals surface area contributed by atoms with Crippen molar-refractivity contribution in [2.24, 2.45) is 0 Å². The van der Waals surface area contributed by atoms with Crippen LogP contribution >= 0.6 is 0 Å². The lowest BCUT2D eigenvalue weighted by atomic mass is 9.93. The van der Waals surface area contributed by atoms with Gasteiger partial charge in [0.25, 0.3) is 0 Å². The molecular weight excluding hydrogens is 612 g/mol. The number of phenolic OH excluding ortho intramolecular Hbond substituents is 2. The van der Waals surface area contributed by atoms with Crippen molar-refractivity contribution < 1.29 is 29.3 Å². The average molecular weight is 665 g/mol. The zero-order chi connectivity index (χ0) is 34.8. The van der Waals surface area contributed by atoms with E-state index in [4.69, 9.17) is 9.47 Å². The first-order valence-electron chi connectivity index (χ1n) is 18.1. The zero-order valence-corrected chi connectivity index (χ0v) is 29.2. The summed E-state index contributed by atoms with van der Waals surface area (Å²) in [6.07, 6.45) is 13.4. The van der Waals surface area contributed by atoms with Crippen LogP contribution in [0.15, 0.2) is 84.9 Å². The van der Waals surface area contributed by atoms with E-state index in [0.29, 0.717) is 47.0 Å². The molecule has 4 rings (SSSR count). The Bertz CT molecular complexity index is 1610. The van der Waals surface area contributed by atoms with Crippen molar-refractivity contribution in [2.75, 3.05) is 13.2 Å². The van der Waals surface area contributed by atoms with Crippen LogP contribution in [0.5, 0.6) is 23.0 Å². The fourth-order valence-corrected chi connectivity index (χ4v) is 5.98. The predicted molar refractivity (Wildman–Crippen MR) is 197 cm³/mol. The van der Waals surface area contributed by atoms with Crippen LogP contribution in [0.2, 0.25) is 0 Å². The molecular formula is C43H52O6. The first kappa shape index (κ1) is 37.2. The number of benzene rings is 4. The van der Waals surface area contributed by atoms with Gasteiger partial charge in [-0.25, -0.2) is 0 Å². The highest BCUT2D eigenvalue weighted by molar-refractivity contribution is 6.11. The number of ether oxygens (including phenoxy) is 2. The Hall–Kier alpha value is -4.58. The van der Waals surface area contributed by atoms with Crippen molar-refractivity contribution in [1.29, 1.82) is 0 Å². The summed E-state index contributed by atoms with van der Waals surface area (Å²) in [5, 5.41) is 22.8. The number of carbonyl (C=O) groups excluding carboxylic acids is 2. The van der Waals surface area contributed by atoms with Gasteiger partial charge < -0.3 is 19.7 Å². The molecule has 0 atom stereocenters. The number of rotatable bonds is 22. The fourth-order valence-electron chi connectivity index (χ4n) is 5.98. The summed E-state index contributed by atoms with van der Waals surface area (Å²) in [5.74, 6) is -0.0589. The molecule has 0 aliphatic rings. The molecule has 0 aliphatic heterocycles. The highest BCUT2D eigenvalue weighted by atomic mass is 16.5. The quantitative estimate of drug-likeness (QED) is 0.0641. The Morgan fingerprint density at radius 2 is 1.04 bits per heavy atom. The van der Waals surface area contributed by atoms with Crippen molar-refractivity contribution in [3.63, 3.8) is 0 Å². The molecule has 0 saturated carbocycles. The van der Waals surface area contributed by atoms with Crippen molar-refractivity contribution in [2.45, 2.75) is 97.3 Å². The van der Waals surface area contributed by atoms with Crippen LogP contribution in [0.1, 0.15) is 134 Å². The SMILES string of the molecule is CCCCCCCCOc1cc(O)c(C(=O)c2ccccc2)cc1Cc1c(OCCCCCCCC)ccc(C(=O)c2ccccc2)c1O. The fraction of sp³-hybridized carbons (Fsp3) is 0.395. The number of carbonyl (C=O) groups is 2. The van der Waals surface area contributed by atoms with Gasteiger partial charge in [-0.1, -0.05) is 139 Å². The molecule has 2 N–H and O–H groups in total. The summed E-state index contributed by atoms with van der Waals surface area (Å²) in [7, 11) is 0. The molecule has 4 aromatic rings. The van der Waals surface area contributed by atoms with E-state index in [1.807, 2.05) is 12.1 Å². The lowest BCUT2D eigenvalue weighted by Crippen LogP contribution is -2.09. The van der Waals surface area contributed by atoms with Crippen LogP contribution in [-0.4, -0.2) is 35.0 Å². The van der Waals surface area contributed by atoms with Crippen LogP contribution in [-0.2, 0) is 6.42 Å².